The molecule has 5 nitrogen and oxygen atoms in total. The average molecular weight is 296 g/mol. The van der Waals surface area contributed by atoms with Crippen LogP contribution in [0.4, 0.5) is 10.3 Å². The molecule has 2 heterocycles. The summed E-state index contributed by atoms with van der Waals surface area (Å²) in [6, 6.07) is 5.21. The van der Waals surface area contributed by atoms with E-state index in [2.05, 4.69) is 32.3 Å². The zero-order valence-electron chi connectivity index (χ0n) is 11.0. The van der Waals surface area contributed by atoms with Gasteiger partial charge in [-0.25, -0.2) is 4.39 Å². The smallest absolute Gasteiger partial charge is 0.245 e. The Kier molecular flexibility index (Phi) is 3.58. The van der Waals surface area contributed by atoms with Gasteiger partial charge < -0.3 is 10.2 Å². The highest BCUT2D eigenvalue weighted by atomic mass is 35.5. The van der Waals surface area contributed by atoms with E-state index in [0.29, 0.717) is 23.4 Å². The Labute approximate surface area is 121 Å². The Morgan fingerprint density at radius 3 is 3.10 bits per heavy atom. The maximum absolute atomic E-state index is 14.0. The molecule has 2 N–H and O–H groups in total. The molecule has 0 radical (unpaired) electrons. The van der Waals surface area contributed by atoms with E-state index in [1.165, 1.54) is 6.07 Å². The third kappa shape index (κ3) is 2.48. The molecular weight excluding hydrogens is 281 g/mol. The van der Waals surface area contributed by atoms with Crippen molar-refractivity contribution in [3.05, 3.63) is 29.0 Å². The number of halogens is 2. The van der Waals surface area contributed by atoms with Crippen LogP contribution >= 0.6 is 11.6 Å². The number of aromatic nitrogens is 3. The summed E-state index contributed by atoms with van der Waals surface area (Å²) in [4.78, 5) is 6.45. The Bertz CT molecular complexity index is 615. The predicted octanol–water partition coefficient (Wildman–Crippen LogP) is 2.06. The van der Waals surface area contributed by atoms with E-state index in [-0.39, 0.29) is 5.02 Å². The molecule has 2 aromatic rings. The van der Waals surface area contributed by atoms with E-state index in [1.54, 1.807) is 12.1 Å². The van der Waals surface area contributed by atoms with Gasteiger partial charge in [0.05, 0.1) is 10.6 Å². The third-order valence-corrected chi connectivity index (χ3v) is 3.62. The maximum atomic E-state index is 14.0. The highest BCUT2D eigenvalue weighted by Gasteiger charge is 2.20. The molecule has 106 valence electrons. The number of piperazine rings is 1. The number of aromatic amines is 1. The lowest BCUT2D eigenvalue weighted by Crippen LogP contribution is -2.49. The van der Waals surface area contributed by atoms with Crippen LogP contribution in [0.5, 0.6) is 0 Å². The van der Waals surface area contributed by atoms with E-state index in [0.717, 1.165) is 19.6 Å². The van der Waals surface area contributed by atoms with Crippen LogP contribution in [0, 0.1) is 5.82 Å². The monoisotopic (exact) mass is 295 g/mol. The van der Waals surface area contributed by atoms with Crippen molar-refractivity contribution >= 4 is 17.5 Å². The highest BCUT2D eigenvalue weighted by Crippen LogP contribution is 2.26. The van der Waals surface area contributed by atoms with Gasteiger partial charge in [0.2, 0.25) is 5.95 Å². The number of hydrogen-bond acceptors (Lipinski definition) is 4. The van der Waals surface area contributed by atoms with Crippen molar-refractivity contribution in [2.45, 2.75) is 13.0 Å². The molecule has 1 aromatic carbocycles. The van der Waals surface area contributed by atoms with Crippen LogP contribution in [-0.4, -0.2) is 40.9 Å². The Morgan fingerprint density at radius 2 is 2.30 bits per heavy atom. The molecule has 1 aliphatic rings. The van der Waals surface area contributed by atoms with Gasteiger partial charge in [0.15, 0.2) is 11.6 Å². The largest absolute Gasteiger partial charge is 0.337 e. The number of H-pyrrole nitrogens is 1. The van der Waals surface area contributed by atoms with Gasteiger partial charge in [-0.05, 0) is 19.1 Å². The summed E-state index contributed by atoms with van der Waals surface area (Å²) in [5, 5.41) is 10.4. The molecule has 0 aliphatic carbocycles. The molecule has 0 spiro atoms. The van der Waals surface area contributed by atoms with Crippen LogP contribution in [0.15, 0.2) is 18.2 Å². The summed E-state index contributed by atoms with van der Waals surface area (Å²) >= 11 is 5.78. The van der Waals surface area contributed by atoms with Crippen molar-refractivity contribution in [2.75, 3.05) is 24.5 Å². The van der Waals surface area contributed by atoms with E-state index in [9.17, 15) is 4.39 Å². The molecule has 1 saturated heterocycles. The minimum Gasteiger partial charge on any atom is -0.337 e. The van der Waals surface area contributed by atoms with Crippen molar-refractivity contribution in [1.29, 1.82) is 0 Å². The zero-order valence-corrected chi connectivity index (χ0v) is 11.8. The topological polar surface area (TPSA) is 56.8 Å². The average Bonchev–Trinajstić information content (AvgIpc) is 2.91. The van der Waals surface area contributed by atoms with Crippen molar-refractivity contribution in [1.82, 2.24) is 20.5 Å². The van der Waals surface area contributed by atoms with Crippen molar-refractivity contribution in [2.24, 2.45) is 0 Å². The number of hydrogen-bond donors (Lipinski definition) is 2. The van der Waals surface area contributed by atoms with Crippen molar-refractivity contribution in [3.8, 4) is 11.4 Å². The van der Waals surface area contributed by atoms with Gasteiger partial charge in [-0.15, -0.1) is 5.10 Å². The van der Waals surface area contributed by atoms with Gasteiger partial charge in [0, 0.05) is 25.7 Å². The molecule has 3 rings (SSSR count). The summed E-state index contributed by atoms with van der Waals surface area (Å²) in [5.41, 5.74) is 0.333. The van der Waals surface area contributed by atoms with Gasteiger partial charge in [-0.2, -0.15) is 4.98 Å². The standard InChI is InChI=1S/C13H15ClFN5/c1-8-7-20(6-5-16-8)13-17-12(18-19-13)9-3-2-4-10(14)11(9)15/h2-4,8,16H,5-7H2,1H3,(H,17,18,19)/t8-/m0/s1. The minimum absolute atomic E-state index is 0.0799. The van der Waals surface area contributed by atoms with E-state index >= 15 is 0 Å². The van der Waals surface area contributed by atoms with Crippen LogP contribution < -0.4 is 10.2 Å². The highest BCUT2D eigenvalue weighted by molar-refractivity contribution is 6.31. The number of nitrogens with zero attached hydrogens (tertiary/aromatic N) is 3. The quantitative estimate of drug-likeness (QED) is 0.890. The van der Waals surface area contributed by atoms with Crippen LogP contribution in [0.2, 0.25) is 5.02 Å². The molecular formula is C13H15ClFN5. The Morgan fingerprint density at radius 1 is 1.45 bits per heavy atom. The predicted molar refractivity (Wildman–Crippen MR) is 76.5 cm³/mol. The number of nitrogens with one attached hydrogen (secondary N) is 2. The Hall–Kier alpha value is -1.66. The first-order valence-corrected chi connectivity index (χ1v) is 6.88. The van der Waals surface area contributed by atoms with Gasteiger partial charge in [0.25, 0.3) is 0 Å². The third-order valence-electron chi connectivity index (χ3n) is 3.33. The first-order valence-electron chi connectivity index (χ1n) is 6.50. The van der Waals surface area contributed by atoms with E-state index in [1.807, 2.05) is 0 Å². The normalized spacial score (nSPS) is 19.4. The molecule has 0 amide bonds. The second kappa shape index (κ2) is 5.38. The van der Waals surface area contributed by atoms with Gasteiger partial charge in [0.1, 0.15) is 0 Å². The molecule has 1 atom stereocenters. The van der Waals surface area contributed by atoms with Crippen LogP contribution in [0.3, 0.4) is 0 Å². The first-order chi connectivity index (χ1) is 9.65. The fourth-order valence-corrected chi connectivity index (χ4v) is 2.49. The van der Waals surface area contributed by atoms with Crippen LogP contribution in [-0.2, 0) is 0 Å². The fourth-order valence-electron chi connectivity index (χ4n) is 2.32. The van der Waals surface area contributed by atoms with Crippen LogP contribution in [0.25, 0.3) is 11.4 Å². The SMILES string of the molecule is C[C@H]1CN(c2n[nH]c(-c3cccc(Cl)c3F)n2)CCN1. The van der Waals surface area contributed by atoms with Gasteiger partial charge in [-0.1, -0.05) is 17.7 Å². The second-order valence-electron chi connectivity index (χ2n) is 4.89. The summed E-state index contributed by atoms with van der Waals surface area (Å²) in [6.07, 6.45) is 0. The minimum atomic E-state index is -0.481. The Balaban J connectivity index is 1.88. The summed E-state index contributed by atoms with van der Waals surface area (Å²) in [5.74, 6) is 0.504. The summed E-state index contributed by atoms with van der Waals surface area (Å²) < 4.78 is 14.0. The molecule has 1 fully saturated rings. The molecule has 1 aliphatic heterocycles. The van der Waals surface area contributed by atoms with Crippen LogP contribution in [0.1, 0.15) is 6.92 Å². The summed E-state index contributed by atoms with van der Waals surface area (Å²) in [6.45, 7) is 4.65. The lowest BCUT2D eigenvalue weighted by atomic mass is 10.2. The van der Waals surface area contributed by atoms with Crippen molar-refractivity contribution in [3.63, 3.8) is 0 Å². The second-order valence-corrected chi connectivity index (χ2v) is 5.29. The van der Waals surface area contributed by atoms with Gasteiger partial charge in [-0.3, -0.25) is 5.10 Å². The van der Waals surface area contributed by atoms with E-state index in [4.69, 9.17) is 11.6 Å². The molecule has 0 unspecified atom stereocenters. The maximum Gasteiger partial charge on any atom is 0.245 e. The van der Waals surface area contributed by atoms with Crippen molar-refractivity contribution < 1.29 is 4.39 Å². The molecule has 20 heavy (non-hydrogen) atoms. The molecule has 7 heteroatoms. The van der Waals surface area contributed by atoms with E-state index < -0.39 is 5.82 Å². The number of anilines is 1. The number of rotatable bonds is 2. The van der Waals surface area contributed by atoms with Gasteiger partial charge >= 0.3 is 0 Å². The fraction of sp³-hybridized carbons (Fsp3) is 0.385. The molecule has 0 bridgehead atoms. The molecule has 1 aromatic heterocycles. The lowest BCUT2D eigenvalue weighted by molar-refractivity contribution is 0.480. The molecule has 0 saturated carbocycles. The first kappa shape index (κ1) is 13.3. The zero-order chi connectivity index (χ0) is 14.1. The lowest BCUT2D eigenvalue weighted by Gasteiger charge is -2.30. The number of benzene rings is 1. The summed E-state index contributed by atoms with van der Waals surface area (Å²) in [7, 11) is 0.